The van der Waals surface area contributed by atoms with E-state index < -0.39 is 11.4 Å². The van der Waals surface area contributed by atoms with E-state index in [4.69, 9.17) is 4.74 Å². The quantitative estimate of drug-likeness (QED) is 0.917. The summed E-state index contributed by atoms with van der Waals surface area (Å²) in [4.78, 5) is 11.3. The van der Waals surface area contributed by atoms with Crippen molar-refractivity contribution in [3.63, 3.8) is 0 Å². The van der Waals surface area contributed by atoms with Crippen molar-refractivity contribution in [2.75, 3.05) is 7.11 Å². The summed E-state index contributed by atoms with van der Waals surface area (Å²) >= 11 is 3.39. The van der Waals surface area contributed by atoms with Crippen LogP contribution in [0.2, 0.25) is 0 Å². The van der Waals surface area contributed by atoms with E-state index in [0.717, 1.165) is 4.47 Å². The second kappa shape index (κ2) is 5.48. The third-order valence-corrected chi connectivity index (χ3v) is 3.62. The number of hydrogen-bond donors (Lipinski definition) is 1. The second-order valence-electron chi connectivity index (χ2n) is 5.57. The first-order valence-corrected chi connectivity index (χ1v) is 7.08. The van der Waals surface area contributed by atoms with Gasteiger partial charge < -0.3 is 9.84 Å². The lowest BCUT2D eigenvalue weighted by molar-refractivity contribution is 0.0687. The van der Waals surface area contributed by atoms with Gasteiger partial charge in [-0.25, -0.2) is 9.48 Å². The number of carboxylic acids is 1. The maximum Gasteiger partial charge on any atom is 0.358 e. The first kappa shape index (κ1) is 15.5. The molecule has 0 aliphatic heterocycles. The van der Waals surface area contributed by atoms with Crippen molar-refractivity contribution >= 4 is 21.9 Å². The molecule has 1 aromatic heterocycles. The molecular weight excluding hydrogens is 338 g/mol. The lowest BCUT2D eigenvalue weighted by Crippen LogP contribution is -2.21. The Balaban J connectivity index is 2.67. The molecule has 21 heavy (non-hydrogen) atoms. The molecule has 6 nitrogen and oxygen atoms in total. The van der Waals surface area contributed by atoms with Crippen LogP contribution in [-0.4, -0.2) is 33.2 Å². The summed E-state index contributed by atoms with van der Waals surface area (Å²) in [6, 6.07) is 5.42. The number of carboxylic acid groups (broad SMARTS) is 1. The highest BCUT2D eigenvalue weighted by molar-refractivity contribution is 9.10. The second-order valence-corrected chi connectivity index (χ2v) is 6.43. The van der Waals surface area contributed by atoms with E-state index >= 15 is 0 Å². The third kappa shape index (κ3) is 2.92. The molecule has 0 aliphatic rings. The molecule has 1 N–H and O–H groups in total. The highest BCUT2D eigenvalue weighted by Crippen LogP contribution is 2.31. The number of ether oxygens (including phenoxy) is 1. The van der Waals surface area contributed by atoms with Gasteiger partial charge in [0, 0.05) is 11.5 Å². The summed E-state index contributed by atoms with van der Waals surface area (Å²) < 4.78 is 7.61. The van der Waals surface area contributed by atoms with E-state index in [-0.39, 0.29) is 5.69 Å². The molecule has 0 fully saturated rings. The minimum Gasteiger partial charge on any atom is -0.495 e. The van der Waals surface area contributed by atoms with Gasteiger partial charge >= 0.3 is 5.97 Å². The monoisotopic (exact) mass is 353 g/mol. The van der Waals surface area contributed by atoms with Gasteiger partial charge in [-0.2, -0.15) is 0 Å². The number of aromatic carboxylic acids is 1. The number of methoxy groups -OCH3 is 1. The van der Waals surface area contributed by atoms with Crippen LogP contribution in [0.25, 0.3) is 5.69 Å². The van der Waals surface area contributed by atoms with Crippen molar-refractivity contribution in [1.82, 2.24) is 15.0 Å². The first-order chi connectivity index (χ1) is 9.75. The Bertz CT molecular complexity index is 689. The van der Waals surface area contributed by atoms with Crippen LogP contribution in [0, 0.1) is 0 Å². The van der Waals surface area contributed by atoms with Gasteiger partial charge in [0.15, 0.2) is 5.69 Å². The zero-order valence-corrected chi connectivity index (χ0v) is 13.8. The molecule has 0 unspecified atom stereocenters. The largest absolute Gasteiger partial charge is 0.495 e. The predicted molar refractivity (Wildman–Crippen MR) is 81.3 cm³/mol. The maximum atomic E-state index is 11.3. The Hall–Kier alpha value is -1.89. The van der Waals surface area contributed by atoms with E-state index in [2.05, 4.69) is 26.2 Å². The number of halogens is 1. The number of benzene rings is 1. The number of hydrogen-bond acceptors (Lipinski definition) is 4. The van der Waals surface area contributed by atoms with Crippen LogP contribution in [-0.2, 0) is 5.41 Å². The lowest BCUT2D eigenvalue weighted by atomic mass is 9.90. The predicted octanol–water partition coefficient (Wildman–Crippen LogP) is 3.03. The summed E-state index contributed by atoms with van der Waals surface area (Å²) in [6.45, 7) is 5.76. The third-order valence-electron chi connectivity index (χ3n) is 2.96. The topological polar surface area (TPSA) is 77.2 Å². The van der Waals surface area contributed by atoms with Gasteiger partial charge in [-0.05, 0) is 28.1 Å². The number of aromatic nitrogens is 3. The molecule has 1 aromatic carbocycles. The van der Waals surface area contributed by atoms with Crippen molar-refractivity contribution in [3.05, 3.63) is 34.1 Å². The molecule has 2 rings (SSSR count). The first-order valence-electron chi connectivity index (χ1n) is 6.29. The Kier molecular flexibility index (Phi) is 4.04. The molecule has 2 aromatic rings. The highest BCUT2D eigenvalue weighted by Gasteiger charge is 2.29. The zero-order chi connectivity index (χ0) is 15.8. The summed E-state index contributed by atoms with van der Waals surface area (Å²) in [7, 11) is 1.57. The number of carbonyl (C=O) groups is 1. The normalized spacial score (nSPS) is 11.5. The van der Waals surface area contributed by atoms with E-state index in [0.29, 0.717) is 17.1 Å². The smallest absolute Gasteiger partial charge is 0.358 e. The van der Waals surface area contributed by atoms with Crippen molar-refractivity contribution < 1.29 is 14.6 Å². The van der Waals surface area contributed by atoms with Crippen LogP contribution in [0.1, 0.15) is 37.0 Å². The molecule has 0 spiro atoms. The lowest BCUT2D eigenvalue weighted by Gasteiger charge is -2.20. The SMILES string of the molecule is COc1cc(-n2nnc(C(=O)O)c2C(C)(C)C)ccc1Br. The van der Waals surface area contributed by atoms with E-state index in [1.165, 1.54) is 0 Å². The van der Waals surface area contributed by atoms with Crippen LogP contribution < -0.4 is 4.74 Å². The molecule has 0 atom stereocenters. The molecule has 112 valence electrons. The highest BCUT2D eigenvalue weighted by atomic mass is 79.9. The van der Waals surface area contributed by atoms with Crippen molar-refractivity contribution in [1.29, 1.82) is 0 Å². The fraction of sp³-hybridized carbons (Fsp3) is 0.357. The summed E-state index contributed by atoms with van der Waals surface area (Å²) in [5, 5.41) is 17.1. The van der Waals surface area contributed by atoms with Gasteiger partial charge in [-0.1, -0.05) is 26.0 Å². The Labute approximate surface area is 130 Å². The van der Waals surface area contributed by atoms with Gasteiger partial charge in [0.05, 0.1) is 23.0 Å². The minimum atomic E-state index is -1.09. The van der Waals surface area contributed by atoms with E-state index in [1.54, 1.807) is 17.9 Å². The zero-order valence-electron chi connectivity index (χ0n) is 12.2. The van der Waals surface area contributed by atoms with Crippen LogP contribution in [0.3, 0.4) is 0 Å². The van der Waals surface area contributed by atoms with Crippen molar-refractivity contribution in [2.45, 2.75) is 26.2 Å². The Morgan fingerprint density at radius 2 is 2.05 bits per heavy atom. The molecular formula is C14H16BrN3O3. The molecule has 0 bridgehead atoms. The van der Waals surface area contributed by atoms with Gasteiger partial charge in [0.25, 0.3) is 0 Å². The fourth-order valence-electron chi connectivity index (χ4n) is 2.06. The molecule has 0 saturated heterocycles. The Morgan fingerprint density at radius 3 is 2.57 bits per heavy atom. The van der Waals surface area contributed by atoms with Gasteiger partial charge in [0.2, 0.25) is 0 Å². The minimum absolute atomic E-state index is 0.0376. The van der Waals surface area contributed by atoms with Gasteiger partial charge in [-0.3, -0.25) is 0 Å². The average Bonchev–Trinajstić information content (AvgIpc) is 2.84. The van der Waals surface area contributed by atoms with Crippen molar-refractivity contribution in [2.24, 2.45) is 0 Å². The molecule has 0 aliphatic carbocycles. The molecule has 1 heterocycles. The molecule has 0 radical (unpaired) electrons. The van der Waals surface area contributed by atoms with E-state index in [9.17, 15) is 9.90 Å². The molecule has 0 saturated carbocycles. The van der Waals surface area contributed by atoms with E-state index in [1.807, 2.05) is 32.9 Å². The number of nitrogens with zero attached hydrogens (tertiary/aromatic N) is 3. The molecule has 0 amide bonds. The average molecular weight is 354 g/mol. The van der Waals surface area contributed by atoms with Crippen LogP contribution >= 0.6 is 15.9 Å². The van der Waals surface area contributed by atoms with Crippen LogP contribution in [0.4, 0.5) is 0 Å². The van der Waals surface area contributed by atoms with Gasteiger partial charge in [0.1, 0.15) is 5.75 Å². The summed E-state index contributed by atoms with van der Waals surface area (Å²) in [5.74, 6) is -0.449. The van der Waals surface area contributed by atoms with Gasteiger partial charge in [-0.15, -0.1) is 5.10 Å². The van der Waals surface area contributed by atoms with Crippen molar-refractivity contribution in [3.8, 4) is 11.4 Å². The molecule has 7 heteroatoms. The number of rotatable bonds is 3. The maximum absolute atomic E-state index is 11.3. The standard InChI is InChI=1S/C14H16BrN3O3/c1-14(2,3)12-11(13(19)20)16-17-18(12)8-5-6-9(15)10(7-8)21-4/h5-7H,1-4H3,(H,19,20). The van der Waals surface area contributed by atoms with Crippen LogP contribution in [0.5, 0.6) is 5.75 Å². The fourth-order valence-corrected chi connectivity index (χ4v) is 2.47. The Morgan fingerprint density at radius 1 is 1.38 bits per heavy atom. The summed E-state index contributed by atoms with van der Waals surface area (Å²) in [6.07, 6.45) is 0. The van der Waals surface area contributed by atoms with Crippen LogP contribution in [0.15, 0.2) is 22.7 Å². The summed E-state index contributed by atoms with van der Waals surface area (Å²) in [5.41, 5.74) is 0.779.